The van der Waals surface area contributed by atoms with Crippen molar-refractivity contribution in [3.05, 3.63) is 40.7 Å². The number of halogens is 2. The van der Waals surface area contributed by atoms with Gasteiger partial charge in [-0.15, -0.1) is 0 Å². The van der Waals surface area contributed by atoms with E-state index in [0.29, 0.717) is 10.6 Å². The van der Waals surface area contributed by atoms with Crippen LogP contribution >= 0.6 is 11.6 Å². The lowest BCUT2D eigenvalue weighted by molar-refractivity contribution is 0.628. The van der Waals surface area contributed by atoms with Crippen molar-refractivity contribution in [2.75, 3.05) is 0 Å². The van der Waals surface area contributed by atoms with Crippen LogP contribution in [0.25, 0.3) is 6.08 Å². The van der Waals surface area contributed by atoms with E-state index in [2.05, 4.69) is 0 Å². The van der Waals surface area contributed by atoms with Gasteiger partial charge in [0.25, 0.3) is 0 Å². The van der Waals surface area contributed by atoms with Crippen molar-refractivity contribution in [1.82, 2.24) is 0 Å². The van der Waals surface area contributed by atoms with Crippen LogP contribution in [0, 0.1) is 17.1 Å². The van der Waals surface area contributed by atoms with Crippen LogP contribution in [-0.2, 0) is 0 Å². The van der Waals surface area contributed by atoms with Gasteiger partial charge in [0.2, 0.25) is 0 Å². The minimum atomic E-state index is -0.380. The molecule has 1 aromatic rings. The summed E-state index contributed by atoms with van der Waals surface area (Å²) < 4.78 is 12.5. The third kappa shape index (κ3) is 2.08. The van der Waals surface area contributed by atoms with Crippen LogP contribution < -0.4 is 0 Å². The van der Waals surface area contributed by atoms with Gasteiger partial charge in [0.05, 0.1) is 11.1 Å². The number of allylic oxidation sites excluding steroid dienone is 1. The highest BCUT2D eigenvalue weighted by atomic mass is 35.5. The molecule has 0 aliphatic carbocycles. The third-order valence-electron chi connectivity index (χ3n) is 1.30. The number of nitrogens with zero attached hydrogens (tertiary/aromatic N) is 1. The van der Waals surface area contributed by atoms with Crippen molar-refractivity contribution in [2.45, 2.75) is 0 Å². The van der Waals surface area contributed by atoms with Crippen LogP contribution in [0.2, 0.25) is 5.02 Å². The minimum absolute atomic E-state index is 0.307. The van der Waals surface area contributed by atoms with Crippen LogP contribution in [0.5, 0.6) is 0 Å². The summed E-state index contributed by atoms with van der Waals surface area (Å²) in [6.45, 7) is 0. The van der Waals surface area contributed by atoms with Gasteiger partial charge in [0.15, 0.2) is 0 Å². The summed E-state index contributed by atoms with van der Waals surface area (Å²) in [7, 11) is 0. The van der Waals surface area contributed by atoms with E-state index in [9.17, 15) is 4.39 Å². The number of nitriles is 1. The summed E-state index contributed by atoms with van der Waals surface area (Å²) in [4.78, 5) is 0. The van der Waals surface area contributed by atoms with Gasteiger partial charge in [-0.3, -0.25) is 0 Å². The second-order valence-corrected chi connectivity index (χ2v) is 2.54. The van der Waals surface area contributed by atoms with Crippen molar-refractivity contribution in [2.24, 2.45) is 0 Å². The zero-order chi connectivity index (χ0) is 8.97. The predicted octanol–water partition coefficient (Wildman–Crippen LogP) is 3.02. The Balaban J connectivity index is 3.03. The van der Waals surface area contributed by atoms with E-state index in [0.717, 1.165) is 0 Å². The molecule has 0 heterocycles. The fraction of sp³-hybridized carbons (Fsp3) is 0. The molecule has 0 N–H and O–H groups in total. The average Bonchev–Trinajstić information content (AvgIpc) is 2.03. The molecular weight excluding hydrogens is 177 g/mol. The Morgan fingerprint density at radius 3 is 2.83 bits per heavy atom. The molecule has 0 aliphatic heterocycles. The van der Waals surface area contributed by atoms with Gasteiger partial charge in [-0.2, -0.15) is 5.26 Å². The van der Waals surface area contributed by atoms with E-state index in [-0.39, 0.29) is 5.82 Å². The van der Waals surface area contributed by atoms with Gasteiger partial charge in [0.1, 0.15) is 5.82 Å². The second-order valence-electron chi connectivity index (χ2n) is 2.13. The summed E-state index contributed by atoms with van der Waals surface area (Å²) in [6.07, 6.45) is 2.82. The van der Waals surface area contributed by atoms with Crippen LogP contribution in [0.3, 0.4) is 0 Å². The van der Waals surface area contributed by atoms with E-state index >= 15 is 0 Å². The van der Waals surface area contributed by atoms with Gasteiger partial charge in [-0.25, -0.2) is 4.39 Å². The Morgan fingerprint density at radius 1 is 1.50 bits per heavy atom. The average molecular weight is 182 g/mol. The monoisotopic (exact) mass is 181 g/mol. The molecule has 0 aromatic heterocycles. The molecule has 0 saturated carbocycles. The lowest BCUT2D eigenvalue weighted by Gasteiger charge is -1.95. The van der Waals surface area contributed by atoms with Gasteiger partial charge < -0.3 is 0 Å². The van der Waals surface area contributed by atoms with Crippen molar-refractivity contribution < 1.29 is 4.39 Å². The molecule has 12 heavy (non-hydrogen) atoms. The fourth-order valence-corrected chi connectivity index (χ4v) is 0.994. The third-order valence-corrected chi connectivity index (χ3v) is 1.63. The first-order valence-corrected chi connectivity index (χ1v) is 3.63. The molecule has 60 valence electrons. The molecule has 0 saturated heterocycles. The van der Waals surface area contributed by atoms with Crippen molar-refractivity contribution in [1.29, 1.82) is 5.26 Å². The first kappa shape index (κ1) is 8.76. The number of hydrogen-bond acceptors (Lipinski definition) is 1. The number of hydrogen-bond donors (Lipinski definition) is 0. The van der Waals surface area contributed by atoms with Gasteiger partial charge in [-0.1, -0.05) is 17.7 Å². The summed E-state index contributed by atoms with van der Waals surface area (Å²) in [6, 6.07) is 5.85. The highest BCUT2D eigenvalue weighted by Crippen LogP contribution is 2.18. The molecule has 0 spiro atoms. The van der Waals surface area contributed by atoms with Gasteiger partial charge in [-0.05, 0) is 23.8 Å². The highest BCUT2D eigenvalue weighted by Gasteiger charge is 1.97. The fourth-order valence-electron chi connectivity index (χ4n) is 0.764. The zero-order valence-corrected chi connectivity index (χ0v) is 6.85. The smallest absolute Gasteiger partial charge is 0.124 e. The quantitative estimate of drug-likeness (QED) is 0.611. The van der Waals surface area contributed by atoms with Crippen LogP contribution in [-0.4, -0.2) is 0 Å². The Morgan fingerprint density at radius 2 is 2.25 bits per heavy atom. The molecule has 1 nitrogen and oxygen atoms in total. The van der Waals surface area contributed by atoms with Crippen molar-refractivity contribution in [3.8, 4) is 6.07 Å². The van der Waals surface area contributed by atoms with Crippen LogP contribution in [0.4, 0.5) is 4.39 Å². The first-order valence-electron chi connectivity index (χ1n) is 3.25. The summed E-state index contributed by atoms with van der Waals surface area (Å²) in [5, 5.41) is 8.53. The lowest BCUT2D eigenvalue weighted by atomic mass is 10.2. The maximum atomic E-state index is 12.5. The van der Waals surface area contributed by atoms with E-state index in [4.69, 9.17) is 16.9 Å². The molecule has 3 heteroatoms. The maximum absolute atomic E-state index is 12.5. The molecule has 0 aliphatic rings. The largest absolute Gasteiger partial charge is 0.207 e. The Labute approximate surface area is 74.7 Å². The molecule has 1 rings (SSSR count). The molecular formula is C9H5ClFN. The van der Waals surface area contributed by atoms with E-state index in [1.54, 1.807) is 0 Å². The van der Waals surface area contributed by atoms with E-state index in [1.807, 2.05) is 6.07 Å². The maximum Gasteiger partial charge on any atom is 0.124 e. The first-order chi connectivity index (χ1) is 5.74. The minimum Gasteiger partial charge on any atom is -0.207 e. The Hall–Kier alpha value is -1.33. The topological polar surface area (TPSA) is 23.8 Å². The number of benzene rings is 1. The second kappa shape index (κ2) is 3.89. The van der Waals surface area contributed by atoms with Crippen molar-refractivity contribution in [3.63, 3.8) is 0 Å². The van der Waals surface area contributed by atoms with Gasteiger partial charge in [0, 0.05) is 6.08 Å². The molecule has 0 unspecified atom stereocenters. The predicted molar refractivity (Wildman–Crippen MR) is 46.1 cm³/mol. The Kier molecular flexibility index (Phi) is 2.84. The molecule has 0 bridgehead atoms. The summed E-state index contributed by atoms with van der Waals surface area (Å²) in [5.74, 6) is -0.380. The van der Waals surface area contributed by atoms with E-state index in [1.165, 1.54) is 30.4 Å². The van der Waals surface area contributed by atoms with Crippen molar-refractivity contribution >= 4 is 17.7 Å². The van der Waals surface area contributed by atoms with Crippen LogP contribution in [0.15, 0.2) is 24.3 Å². The molecule has 1 aromatic carbocycles. The molecule has 0 atom stereocenters. The molecule has 0 radical (unpaired) electrons. The standard InChI is InChI=1S/C9H5ClFN/c10-9-6-8(11)4-3-7(9)2-1-5-12/h1-4,6H. The normalized spacial score (nSPS) is 10.1. The molecule has 0 amide bonds. The highest BCUT2D eigenvalue weighted by molar-refractivity contribution is 6.32. The van der Waals surface area contributed by atoms with E-state index < -0.39 is 0 Å². The van der Waals surface area contributed by atoms with Crippen LogP contribution in [0.1, 0.15) is 5.56 Å². The van der Waals surface area contributed by atoms with Gasteiger partial charge >= 0.3 is 0 Å². The lowest BCUT2D eigenvalue weighted by Crippen LogP contribution is -1.77. The molecule has 0 fully saturated rings. The zero-order valence-electron chi connectivity index (χ0n) is 6.09. The summed E-state index contributed by atoms with van der Waals surface area (Å²) >= 11 is 5.66. The number of rotatable bonds is 1. The summed E-state index contributed by atoms with van der Waals surface area (Å²) in [5.41, 5.74) is 0.639. The Bertz CT molecular complexity index is 352. The SMILES string of the molecule is N#CC=Cc1ccc(F)cc1Cl.